The first-order valence-corrected chi connectivity index (χ1v) is 5.97. The highest BCUT2D eigenvalue weighted by molar-refractivity contribution is 5.94. The van der Waals surface area contributed by atoms with E-state index in [4.69, 9.17) is 14.9 Å². The Balaban J connectivity index is 1.74. The Morgan fingerprint density at radius 1 is 1.32 bits per heavy atom. The van der Waals surface area contributed by atoms with Gasteiger partial charge in [-0.05, 0) is 37.3 Å². The third kappa shape index (κ3) is 3.51. The molecule has 100 valence electrons. The molecular formula is C14H16N2O3. The zero-order chi connectivity index (χ0) is 13.7. The molecule has 2 aromatic rings. The van der Waals surface area contributed by atoms with E-state index in [0.717, 1.165) is 5.75 Å². The molecule has 1 aromatic heterocycles. The minimum Gasteiger partial charge on any atom is -0.492 e. The molecule has 1 aromatic carbocycles. The number of aryl methyl sites for hydroxylation is 1. The molecule has 0 fully saturated rings. The van der Waals surface area contributed by atoms with Crippen LogP contribution in [0.15, 0.2) is 41.0 Å². The van der Waals surface area contributed by atoms with Gasteiger partial charge in [0.05, 0.1) is 18.4 Å². The van der Waals surface area contributed by atoms with Crippen LogP contribution in [0.4, 0.5) is 5.69 Å². The Labute approximate surface area is 111 Å². The fourth-order valence-corrected chi connectivity index (χ4v) is 1.61. The lowest BCUT2D eigenvalue weighted by Gasteiger charge is -2.07. The zero-order valence-corrected chi connectivity index (χ0v) is 10.7. The van der Waals surface area contributed by atoms with Crippen molar-refractivity contribution < 1.29 is 13.9 Å². The predicted octanol–water partition coefficient (Wildman–Crippen LogP) is 1.98. The van der Waals surface area contributed by atoms with E-state index in [0.29, 0.717) is 30.2 Å². The lowest BCUT2D eigenvalue weighted by atomic mass is 10.2. The summed E-state index contributed by atoms with van der Waals surface area (Å²) >= 11 is 0. The Morgan fingerprint density at radius 2 is 2.05 bits per heavy atom. The van der Waals surface area contributed by atoms with Gasteiger partial charge in [0.25, 0.3) is 5.91 Å². The van der Waals surface area contributed by atoms with Crippen LogP contribution >= 0.6 is 0 Å². The van der Waals surface area contributed by atoms with Gasteiger partial charge in [0, 0.05) is 5.69 Å². The van der Waals surface area contributed by atoms with Crippen molar-refractivity contribution in [2.45, 2.75) is 6.92 Å². The average molecular weight is 260 g/mol. The summed E-state index contributed by atoms with van der Waals surface area (Å²) in [6.07, 6.45) is 1.50. The van der Waals surface area contributed by atoms with Gasteiger partial charge < -0.3 is 20.2 Å². The highest BCUT2D eigenvalue weighted by atomic mass is 16.5. The van der Waals surface area contributed by atoms with Gasteiger partial charge in [-0.3, -0.25) is 4.79 Å². The summed E-state index contributed by atoms with van der Waals surface area (Å²) < 4.78 is 10.5. The number of anilines is 1. The van der Waals surface area contributed by atoms with Crippen molar-refractivity contribution in [1.29, 1.82) is 0 Å². The quantitative estimate of drug-likeness (QED) is 0.636. The topological polar surface area (TPSA) is 77.5 Å². The van der Waals surface area contributed by atoms with Crippen molar-refractivity contribution in [3.8, 4) is 5.75 Å². The molecule has 0 saturated carbocycles. The second-order valence-electron chi connectivity index (χ2n) is 4.06. The van der Waals surface area contributed by atoms with Gasteiger partial charge in [-0.2, -0.15) is 0 Å². The van der Waals surface area contributed by atoms with Crippen molar-refractivity contribution in [2.75, 3.05) is 18.9 Å². The number of nitrogens with one attached hydrogen (secondary N) is 1. The highest BCUT2D eigenvalue weighted by Crippen LogP contribution is 2.12. The molecule has 19 heavy (non-hydrogen) atoms. The van der Waals surface area contributed by atoms with Crippen molar-refractivity contribution >= 4 is 11.6 Å². The number of furan rings is 1. The van der Waals surface area contributed by atoms with Crippen LogP contribution in [0.2, 0.25) is 0 Å². The Hall–Kier alpha value is -2.43. The normalized spacial score (nSPS) is 10.2. The predicted molar refractivity (Wildman–Crippen MR) is 72.1 cm³/mol. The minimum absolute atomic E-state index is 0.160. The lowest BCUT2D eigenvalue weighted by molar-refractivity contribution is 0.0945. The number of carbonyl (C=O) groups is 1. The molecule has 1 amide bonds. The van der Waals surface area contributed by atoms with Crippen LogP contribution < -0.4 is 15.8 Å². The number of hydrogen-bond acceptors (Lipinski definition) is 4. The van der Waals surface area contributed by atoms with Gasteiger partial charge in [0.15, 0.2) is 0 Å². The monoisotopic (exact) mass is 260 g/mol. The van der Waals surface area contributed by atoms with E-state index in [2.05, 4.69) is 5.32 Å². The number of ether oxygens (including phenoxy) is 1. The fraction of sp³-hybridized carbons (Fsp3) is 0.214. The third-order valence-corrected chi connectivity index (χ3v) is 2.64. The second kappa shape index (κ2) is 5.95. The van der Waals surface area contributed by atoms with E-state index in [1.807, 2.05) is 0 Å². The largest absolute Gasteiger partial charge is 0.492 e. The summed E-state index contributed by atoms with van der Waals surface area (Å²) in [5.41, 5.74) is 6.81. The van der Waals surface area contributed by atoms with E-state index in [9.17, 15) is 4.79 Å². The Morgan fingerprint density at radius 3 is 2.68 bits per heavy atom. The van der Waals surface area contributed by atoms with Gasteiger partial charge in [0.2, 0.25) is 0 Å². The van der Waals surface area contributed by atoms with Gasteiger partial charge >= 0.3 is 0 Å². The lowest BCUT2D eigenvalue weighted by Crippen LogP contribution is -2.28. The maximum absolute atomic E-state index is 11.7. The van der Waals surface area contributed by atoms with Crippen LogP contribution in [0.5, 0.6) is 5.75 Å². The number of carbonyl (C=O) groups excluding carboxylic acids is 1. The van der Waals surface area contributed by atoms with Crippen molar-refractivity contribution in [2.24, 2.45) is 0 Å². The third-order valence-electron chi connectivity index (χ3n) is 2.64. The van der Waals surface area contributed by atoms with Gasteiger partial charge in [-0.15, -0.1) is 0 Å². The molecule has 5 nitrogen and oxygen atoms in total. The molecule has 0 aliphatic carbocycles. The van der Waals surface area contributed by atoms with E-state index in [-0.39, 0.29) is 5.91 Å². The molecule has 0 spiro atoms. The molecule has 0 aliphatic rings. The Kier molecular flexibility index (Phi) is 4.07. The summed E-state index contributed by atoms with van der Waals surface area (Å²) in [5.74, 6) is 1.17. The van der Waals surface area contributed by atoms with E-state index in [1.54, 1.807) is 37.3 Å². The molecule has 0 aliphatic heterocycles. The summed E-state index contributed by atoms with van der Waals surface area (Å²) in [6.45, 7) is 2.57. The van der Waals surface area contributed by atoms with Crippen molar-refractivity contribution in [3.63, 3.8) is 0 Å². The summed E-state index contributed by atoms with van der Waals surface area (Å²) in [5, 5.41) is 2.76. The number of amides is 1. The van der Waals surface area contributed by atoms with Crippen LogP contribution in [-0.2, 0) is 0 Å². The van der Waals surface area contributed by atoms with Crippen LogP contribution in [0.3, 0.4) is 0 Å². The van der Waals surface area contributed by atoms with Crippen molar-refractivity contribution in [3.05, 3.63) is 47.9 Å². The molecule has 0 radical (unpaired) electrons. The molecule has 0 atom stereocenters. The maximum atomic E-state index is 11.7. The maximum Gasteiger partial charge on any atom is 0.254 e. The number of hydrogen-bond donors (Lipinski definition) is 2. The van der Waals surface area contributed by atoms with Crippen LogP contribution in [-0.4, -0.2) is 19.1 Å². The number of rotatable bonds is 5. The fourth-order valence-electron chi connectivity index (χ4n) is 1.61. The molecule has 3 N–H and O–H groups in total. The highest BCUT2D eigenvalue weighted by Gasteiger charge is 2.10. The number of benzene rings is 1. The van der Waals surface area contributed by atoms with Crippen LogP contribution in [0, 0.1) is 6.92 Å². The van der Waals surface area contributed by atoms with Crippen LogP contribution in [0.1, 0.15) is 16.1 Å². The smallest absolute Gasteiger partial charge is 0.254 e. The Bertz CT molecular complexity index is 546. The van der Waals surface area contributed by atoms with Gasteiger partial charge in [-0.1, -0.05) is 0 Å². The van der Waals surface area contributed by atoms with E-state index < -0.39 is 0 Å². The average Bonchev–Trinajstić information content (AvgIpc) is 2.83. The molecule has 5 heteroatoms. The molecule has 0 bridgehead atoms. The molecule has 0 saturated heterocycles. The number of nitrogen functional groups attached to an aromatic ring is 1. The summed E-state index contributed by atoms with van der Waals surface area (Å²) in [6, 6.07) is 8.76. The first-order valence-electron chi connectivity index (χ1n) is 5.97. The summed E-state index contributed by atoms with van der Waals surface area (Å²) in [7, 11) is 0. The molecule has 1 heterocycles. The minimum atomic E-state index is -0.160. The molecule has 0 unspecified atom stereocenters. The van der Waals surface area contributed by atoms with E-state index in [1.165, 1.54) is 6.26 Å². The zero-order valence-electron chi connectivity index (χ0n) is 10.7. The summed E-state index contributed by atoms with van der Waals surface area (Å²) in [4.78, 5) is 11.7. The van der Waals surface area contributed by atoms with E-state index >= 15 is 0 Å². The standard InChI is InChI=1S/C14H16N2O3/c1-10-13(6-8-18-10)14(17)16-7-9-19-12-4-2-11(15)3-5-12/h2-6,8H,7,9,15H2,1H3,(H,16,17). The SMILES string of the molecule is Cc1occc1C(=O)NCCOc1ccc(N)cc1. The molecule has 2 rings (SSSR count). The second-order valence-corrected chi connectivity index (χ2v) is 4.06. The van der Waals surface area contributed by atoms with Crippen molar-refractivity contribution in [1.82, 2.24) is 5.32 Å². The van der Waals surface area contributed by atoms with Gasteiger partial charge in [-0.25, -0.2) is 0 Å². The van der Waals surface area contributed by atoms with Gasteiger partial charge in [0.1, 0.15) is 18.1 Å². The number of nitrogens with two attached hydrogens (primary N) is 1. The molecular weight excluding hydrogens is 244 g/mol. The van der Waals surface area contributed by atoms with Crippen LogP contribution in [0.25, 0.3) is 0 Å². The first kappa shape index (κ1) is 13.0. The first-order chi connectivity index (χ1) is 9.16.